The number of hydrogen-bond donors (Lipinski definition) is 0. The molecule has 0 amide bonds. The minimum absolute atomic E-state index is 0.251. The average Bonchev–Trinajstić information content (AvgIpc) is 2.78. The van der Waals surface area contributed by atoms with Crippen LogP contribution in [0.1, 0.15) is 6.42 Å². The van der Waals surface area contributed by atoms with E-state index in [-0.39, 0.29) is 11.3 Å². The summed E-state index contributed by atoms with van der Waals surface area (Å²) in [5.74, 6) is 0.212. The fourth-order valence-electron chi connectivity index (χ4n) is 3.19. The summed E-state index contributed by atoms with van der Waals surface area (Å²) in [6.07, 6.45) is -0.930. The number of ether oxygens (including phenoxy) is 2. The van der Waals surface area contributed by atoms with Gasteiger partial charge in [0.05, 0.1) is 18.2 Å². The Bertz CT molecular complexity index is 1260. The van der Waals surface area contributed by atoms with Crippen LogP contribution < -0.4 is 15.0 Å². The van der Waals surface area contributed by atoms with Crippen LogP contribution in [-0.2, 0) is 6.54 Å². The lowest BCUT2D eigenvalue weighted by atomic mass is 10.0. The molecule has 0 atom stereocenters. The molecule has 9 heteroatoms. The van der Waals surface area contributed by atoms with Gasteiger partial charge in [0, 0.05) is 30.6 Å². The van der Waals surface area contributed by atoms with Crippen LogP contribution in [0, 0.1) is 0 Å². The third kappa shape index (κ3) is 5.23. The number of alkyl halides is 3. The van der Waals surface area contributed by atoms with E-state index >= 15 is 0 Å². The highest BCUT2D eigenvalue weighted by molar-refractivity contribution is 5.86. The zero-order valence-electron chi connectivity index (χ0n) is 16.7. The molecule has 0 aliphatic rings. The summed E-state index contributed by atoms with van der Waals surface area (Å²) in [5, 5.41) is 5.36. The highest BCUT2D eigenvalue weighted by atomic mass is 19.4. The van der Waals surface area contributed by atoms with E-state index in [9.17, 15) is 18.0 Å². The monoisotopic (exact) mass is 441 g/mol. The molecule has 4 rings (SSSR count). The van der Waals surface area contributed by atoms with Crippen molar-refractivity contribution < 1.29 is 22.6 Å². The van der Waals surface area contributed by atoms with Crippen LogP contribution in [0.4, 0.5) is 13.2 Å². The molecular weight excluding hydrogens is 423 g/mol. The predicted molar refractivity (Wildman–Crippen MR) is 112 cm³/mol. The number of hydrogen-bond acceptors (Lipinski definition) is 5. The zero-order chi connectivity index (χ0) is 22.6. The van der Waals surface area contributed by atoms with Crippen LogP contribution in [-0.4, -0.2) is 27.7 Å². The first-order chi connectivity index (χ1) is 15.4. The number of benzene rings is 2. The van der Waals surface area contributed by atoms with Crippen LogP contribution in [0.5, 0.6) is 11.6 Å². The number of fused-ring (bicyclic) bond motifs is 1. The quantitative estimate of drug-likeness (QED) is 0.385. The summed E-state index contributed by atoms with van der Waals surface area (Å²) in [5.41, 5.74) is 1.11. The minimum atomic E-state index is -4.74. The van der Waals surface area contributed by atoms with Crippen molar-refractivity contribution in [1.82, 2.24) is 14.8 Å². The molecule has 0 aliphatic carbocycles. The lowest BCUT2D eigenvalue weighted by Crippen LogP contribution is -2.23. The molecule has 164 valence electrons. The van der Waals surface area contributed by atoms with Gasteiger partial charge >= 0.3 is 6.36 Å². The van der Waals surface area contributed by atoms with E-state index in [1.54, 1.807) is 42.7 Å². The Morgan fingerprint density at radius 2 is 1.75 bits per heavy atom. The maximum absolute atomic E-state index is 12.9. The first kappa shape index (κ1) is 21.4. The highest BCUT2D eigenvalue weighted by Crippen LogP contribution is 2.27. The first-order valence-electron chi connectivity index (χ1n) is 9.79. The molecule has 32 heavy (non-hydrogen) atoms. The van der Waals surface area contributed by atoms with Gasteiger partial charge in [0.1, 0.15) is 5.75 Å². The molecule has 0 fully saturated rings. The topological polar surface area (TPSA) is 66.2 Å². The molecule has 0 saturated carbocycles. The Labute approximate surface area is 180 Å². The summed E-state index contributed by atoms with van der Waals surface area (Å²) in [6, 6.07) is 16.1. The van der Waals surface area contributed by atoms with E-state index in [1.807, 2.05) is 6.07 Å². The number of aryl methyl sites for hydroxylation is 1. The van der Waals surface area contributed by atoms with Crippen molar-refractivity contribution in [2.75, 3.05) is 6.61 Å². The molecule has 0 aliphatic heterocycles. The van der Waals surface area contributed by atoms with Gasteiger partial charge in [-0.1, -0.05) is 30.3 Å². The second-order valence-electron chi connectivity index (χ2n) is 6.92. The molecule has 4 aromatic rings. The van der Waals surface area contributed by atoms with Crippen molar-refractivity contribution >= 4 is 10.8 Å². The fraction of sp³-hybridized carbons (Fsp3) is 0.174. The average molecular weight is 441 g/mol. The normalized spacial score (nSPS) is 11.5. The van der Waals surface area contributed by atoms with Gasteiger partial charge in [0.25, 0.3) is 5.56 Å². The van der Waals surface area contributed by atoms with Gasteiger partial charge in [-0.15, -0.1) is 13.2 Å². The summed E-state index contributed by atoms with van der Waals surface area (Å²) in [7, 11) is 0. The molecule has 0 N–H and O–H groups in total. The van der Waals surface area contributed by atoms with Gasteiger partial charge in [-0.2, -0.15) is 5.10 Å². The molecule has 0 bridgehead atoms. The molecule has 0 spiro atoms. The second kappa shape index (κ2) is 9.09. The lowest BCUT2D eigenvalue weighted by Gasteiger charge is -2.10. The number of rotatable bonds is 7. The Morgan fingerprint density at radius 3 is 2.47 bits per heavy atom. The minimum Gasteiger partial charge on any atom is -0.478 e. The highest BCUT2D eigenvalue weighted by Gasteiger charge is 2.30. The second-order valence-corrected chi connectivity index (χ2v) is 6.92. The molecule has 0 unspecified atom stereocenters. The first-order valence-corrected chi connectivity index (χ1v) is 9.79. The lowest BCUT2D eigenvalue weighted by molar-refractivity contribution is -0.274. The van der Waals surface area contributed by atoms with Gasteiger partial charge in [-0.25, -0.2) is 9.67 Å². The largest absolute Gasteiger partial charge is 0.573 e. The smallest absolute Gasteiger partial charge is 0.478 e. The van der Waals surface area contributed by atoms with Crippen LogP contribution in [0.15, 0.2) is 77.9 Å². The Morgan fingerprint density at radius 1 is 0.969 bits per heavy atom. The van der Waals surface area contributed by atoms with E-state index < -0.39 is 6.36 Å². The maximum Gasteiger partial charge on any atom is 0.573 e. The van der Waals surface area contributed by atoms with Gasteiger partial charge in [0.2, 0.25) is 5.88 Å². The van der Waals surface area contributed by atoms with E-state index in [0.29, 0.717) is 47.4 Å². The van der Waals surface area contributed by atoms with Gasteiger partial charge in [-0.3, -0.25) is 4.79 Å². The molecule has 2 heterocycles. The predicted octanol–water partition coefficient (Wildman–Crippen LogP) is 4.83. The van der Waals surface area contributed by atoms with E-state index in [1.165, 1.54) is 28.9 Å². The summed E-state index contributed by atoms with van der Waals surface area (Å²) in [6.45, 7) is 0.755. The number of pyridine rings is 1. The summed E-state index contributed by atoms with van der Waals surface area (Å²) >= 11 is 0. The van der Waals surface area contributed by atoms with Crippen molar-refractivity contribution in [3.05, 3.63) is 83.4 Å². The third-order valence-electron chi connectivity index (χ3n) is 4.68. The summed E-state index contributed by atoms with van der Waals surface area (Å²) < 4.78 is 47.8. The Balaban J connectivity index is 1.49. The van der Waals surface area contributed by atoms with Gasteiger partial charge < -0.3 is 9.47 Å². The number of aromatic nitrogens is 3. The van der Waals surface area contributed by atoms with Gasteiger partial charge in [0.15, 0.2) is 0 Å². The van der Waals surface area contributed by atoms with Crippen molar-refractivity contribution in [2.45, 2.75) is 19.3 Å². The fourth-order valence-corrected chi connectivity index (χ4v) is 3.19. The van der Waals surface area contributed by atoms with E-state index in [2.05, 4.69) is 14.8 Å². The van der Waals surface area contributed by atoms with Gasteiger partial charge in [-0.05, 0) is 35.4 Å². The van der Waals surface area contributed by atoms with Crippen molar-refractivity contribution in [3.63, 3.8) is 0 Å². The van der Waals surface area contributed by atoms with E-state index in [0.717, 1.165) is 0 Å². The molecule has 2 aromatic carbocycles. The van der Waals surface area contributed by atoms with E-state index in [4.69, 9.17) is 4.74 Å². The number of nitrogens with zero attached hydrogens (tertiary/aromatic N) is 3. The third-order valence-corrected chi connectivity index (χ3v) is 4.68. The van der Waals surface area contributed by atoms with Crippen LogP contribution >= 0.6 is 0 Å². The van der Waals surface area contributed by atoms with Crippen LogP contribution in [0.3, 0.4) is 0 Å². The zero-order valence-corrected chi connectivity index (χ0v) is 16.7. The van der Waals surface area contributed by atoms with Crippen molar-refractivity contribution in [2.24, 2.45) is 0 Å². The SMILES string of the molecule is O=c1c2cc(-c3ccc(OC(F)(F)F)cc3)ccc2cnn1CCCOc1ccccn1. The maximum atomic E-state index is 12.9. The number of halogens is 3. The molecule has 0 saturated heterocycles. The molecule has 0 radical (unpaired) electrons. The van der Waals surface area contributed by atoms with Crippen LogP contribution in [0.25, 0.3) is 21.9 Å². The Hall–Kier alpha value is -3.88. The molecule has 2 aromatic heterocycles. The standard InChI is InChI=1S/C23H18F3N3O3/c24-23(25,26)32-19-9-7-16(8-10-19)17-5-6-18-15-28-29(22(30)20(18)14-17)12-3-13-31-21-4-1-2-11-27-21/h1-2,4-11,14-15H,3,12-13H2. The Kier molecular flexibility index (Phi) is 6.07. The van der Waals surface area contributed by atoms with Crippen molar-refractivity contribution in [1.29, 1.82) is 0 Å². The van der Waals surface area contributed by atoms with Crippen LogP contribution in [0.2, 0.25) is 0 Å². The molecule has 6 nitrogen and oxygen atoms in total. The van der Waals surface area contributed by atoms with Crippen molar-refractivity contribution in [3.8, 4) is 22.8 Å². The molecular formula is C23H18F3N3O3. The summed E-state index contributed by atoms with van der Waals surface area (Å²) in [4.78, 5) is 17.0.